The molecule has 0 atom stereocenters. The SMILES string of the molecule is CC(C)(C)N(c1ccc(-c2ccc3oc4ccccc4c3c2)cc1)c1cccc2nc(-c3ccccc3)oc12. The molecule has 4 heteroatoms. The van der Waals surface area contributed by atoms with Crippen LogP contribution in [0.15, 0.2) is 124 Å². The second-order valence-electron chi connectivity index (χ2n) is 10.9. The maximum Gasteiger partial charge on any atom is 0.227 e. The van der Waals surface area contributed by atoms with E-state index in [1.54, 1.807) is 0 Å². The number of hydrogen-bond acceptors (Lipinski definition) is 4. The lowest BCUT2D eigenvalue weighted by Crippen LogP contribution is -2.37. The van der Waals surface area contributed by atoms with Crippen molar-refractivity contribution in [3.8, 4) is 22.6 Å². The Morgan fingerprint density at radius 2 is 1.31 bits per heavy atom. The fourth-order valence-electron chi connectivity index (χ4n) is 5.41. The first-order valence-electron chi connectivity index (χ1n) is 13.2. The molecular formula is C35H28N2O2. The van der Waals surface area contributed by atoms with Gasteiger partial charge in [-0.25, -0.2) is 4.98 Å². The highest BCUT2D eigenvalue weighted by Crippen LogP contribution is 2.40. The lowest BCUT2D eigenvalue weighted by molar-refractivity contribution is 0.554. The highest BCUT2D eigenvalue weighted by molar-refractivity contribution is 6.06. The monoisotopic (exact) mass is 508 g/mol. The van der Waals surface area contributed by atoms with Crippen molar-refractivity contribution in [2.75, 3.05) is 4.90 Å². The van der Waals surface area contributed by atoms with E-state index in [-0.39, 0.29) is 5.54 Å². The Kier molecular flexibility index (Phi) is 5.31. The molecule has 0 spiro atoms. The van der Waals surface area contributed by atoms with Crippen LogP contribution in [0.1, 0.15) is 20.8 Å². The third-order valence-corrected chi connectivity index (χ3v) is 7.16. The number of oxazole rings is 1. The number of benzene rings is 5. The van der Waals surface area contributed by atoms with Gasteiger partial charge in [-0.2, -0.15) is 0 Å². The van der Waals surface area contributed by atoms with Gasteiger partial charge in [0.15, 0.2) is 5.58 Å². The van der Waals surface area contributed by atoms with Crippen LogP contribution in [0.5, 0.6) is 0 Å². The summed E-state index contributed by atoms with van der Waals surface area (Å²) in [6.07, 6.45) is 0. The molecule has 190 valence electrons. The zero-order valence-electron chi connectivity index (χ0n) is 22.2. The minimum atomic E-state index is -0.204. The Morgan fingerprint density at radius 1 is 0.590 bits per heavy atom. The molecule has 0 N–H and O–H groups in total. The molecule has 0 fully saturated rings. The van der Waals surface area contributed by atoms with E-state index in [2.05, 4.69) is 86.3 Å². The van der Waals surface area contributed by atoms with Crippen LogP contribution in [-0.4, -0.2) is 10.5 Å². The number of fused-ring (bicyclic) bond motifs is 4. The fraction of sp³-hybridized carbons (Fsp3) is 0.114. The zero-order chi connectivity index (χ0) is 26.6. The van der Waals surface area contributed by atoms with Crippen molar-refractivity contribution < 1.29 is 8.83 Å². The van der Waals surface area contributed by atoms with Crippen LogP contribution >= 0.6 is 0 Å². The van der Waals surface area contributed by atoms with Crippen molar-refractivity contribution in [3.05, 3.63) is 115 Å². The Hall–Kier alpha value is -4.83. The number of furan rings is 1. The molecule has 2 aromatic heterocycles. The van der Waals surface area contributed by atoms with E-state index in [0.29, 0.717) is 5.89 Å². The number of hydrogen-bond donors (Lipinski definition) is 0. The van der Waals surface area contributed by atoms with Crippen LogP contribution in [0.2, 0.25) is 0 Å². The summed E-state index contributed by atoms with van der Waals surface area (Å²) in [6.45, 7) is 6.64. The molecule has 0 aliphatic heterocycles. The Morgan fingerprint density at radius 3 is 2.10 bits per heavy atom. The van der Waals surface area contributed by atoms with Crippen LogP contribution in [0, 0.1) is 0 Å². The van der Waals surface area contributed by atoms with Crippen LogP contribution in [0.3, 0.4) is 0 Å². The smallest absolute Gasteiger partial charge is 0.227 e. The summed E-state index contributed by atoms with van der Waals surface area (Å²) in [5.41, 5.74) is 8.61. The summed E-state index contributed by atoms with van der Waals surface area (Å²) >= 11 is 0. The van der Waals surface area contributed by atoms with E-state index in [1.165, 1.54) is 0 Å². The third kappa shape index (κ3) is 4.05. The molecular weight excluding hydrogens is 480 g/mol. The van der Waals surface area contributed by atoms with Gasteiger partial charge in [0.05, 0.1) is 5.69 Å². The van der Waals surface area contributed by atoms with E-state index in [4.69, 9.17) is 13.8 Å². The summed E-state index contributed by atoms with van der Waals surface area (Å²) in [5.74, 6) is 0.629. The molecule has 7 aromatic rings. The highest BCUT2D eigenvalue weighted by atomic mass is 16.3. The average molecular weight is 509 g/mol. The largest absolute Gasteiger partial charge is 0.456 e. The van der Waals surface area contributed by atoms with Crippen molar-refractivity contribution in [2.45, 2.75) is 26.3 Å². The highest BCUT2D eigenvalue weighted by Gasteiger charge is 2.27. The van der Waals surface area contributed by atoms with Gasteiger partial charge in [0.25, 0.3) is 0 Å². The first-order chi connectivity index (χ1) is 19.0. The van der Waals surface area contributed by atoms with Crippen LogP contribution in [0.4, 0.5) is 11.4 Å². The maximum atomic E-state index is 6.38. The quantitative estimate of drug-likeness (QED) is 0.237. The average Bonchev–Trinajstić information content (AvgIpc) is 3.55. The van der Waals surface area contributed by atoms with Crippen molar-refractivity contribution >= 4 is 44.4 Å². The van der Waals surface area contributed by atoms with Gasteiger partial charge < -0.3 is 13.7 Å². The van der Waals surface area contributed by atoms with Crippen LogP contribution < -0.4 is 4.90 Å². The minimum Gasteiger partial charge on any atom is -0.456 e. The molecule has 0 radical (unpaired) electrons. The van der Waals surface area contributed by atoms with Crippen molar-refractivity contribution in [1.82, 2.24) is 4.98 Å². The van der Waals surface area contributed by atoms with E-state index in [0.717, 1.165) is 61.1 Å². The molecule has 0 saturated heterocycles. The van der Waals surface area contributed by atoms with Gasteiger partial charge in [-0.05, 0) is 86.5 Å². The van der Waals surface area contributed by atoms with E-state index in [9.17, 15) is 0 Å². The first-order valence-corrected chi connectivity index (χ1v) is 13.2. The van der Waals surface area contributed by atoms with Gasteiger partial charge in [0.2, 0.25) is 5.89 Å². The molecule has 0 unspecified atom stereocenters. The third-order valence-electron chi connectivity index (χ3n) is 7.16. The summed E-state index contributed by atoms with van der Waals surface area (Å²) in [7, 11) is 0. The van der Waals surface area contributed by atoms with Crippen LogP contribution in [-0.2, 0) is 0 Å². The maximum absolute atomic E-state index is 6.38. The number of anilines is 2. The number of aromatic nitrogens is 1. The lowest BCUT2D eigenvalue weighted by atomic mass is 9.99. The molecule has 2 heterocycles. The molecule has 7 rings (SSSR count). The molecule has 5 aromatic carbocycles. The summed E-state index contributed by atoms with van der Waals surface area (Å²) in [5, 5.41) is 2.27. The first kappa shape index (κ1) is 23.3. The van der Waals surface area contributed by atoms with E-state index in [1.807, 2.05) is 54.6 Å². The summed E-state index contributed by atoms with van der Waals surface area (Å²) in [6, 6.07) is 39.6. The molecule has 0 saturated carbocycles. The molecule has 0 bridgehead atoms. The summed E-state index contributed by atoms with van der Waals surface area (Å²) < 4.78 is 12.4. The van der Waals surface area contributed by atoms with Crippen molar-refractivity contribution in [3.63, 3.8) is 0 Å². The van der Waals surface area contributed by atoms with Gasteiger partial charge in [0, 0.05) is 27.6 Å². The fourth-order valence-corrected chi connectivity index (χ4v) is 5.41. The van der Waals surface area contributed by atoms with E-state index >= 15 is 0 Å². The number of nitrogens with zero attached hydrogens (tertiary/aromatic N) is 2. The number of rotatable bonds is 4. The van der Waals surface area contributed by atoms with Crippen molar-refractivity contribution in [1.29, 1.82) is 0 Å². The zero-order valence-corrected chi connectivity index (χ0v) is 22.2. The van der Waals surface area contributed by atoms with Gasteiger partial charge in [0.1, 0.15) is 16.7 Å². The predicted molar refractivity (Wildman–Crippen MR) is 160 cm³/mol. The lowest BCUT2D eigenvalue weighted by Gasteiger charge is -2.37. The minimum absolute atomic E-state index is 0.204. The van der Waals surface area contributed by atoms with Crippen LogP contribution in [0.25, 0.3) is 55.6 Å². The van der Waals surface area contributed by atoms with Gasteiger partial charge in [-0.15, -0.1) is 0 Å². The van der Waals surface area contributed by atoms with Gasteiger partial charge >= 0.3 is 0 Å². The predicted octanol–water partition coefficient (Wildman–Crippen LogP) is 10.00. The van der Waals surface area contributed by atoms with Gasteiger partial charge in [-0.1, -0.05) is 60.7 Å². The molecule has 0 amide bonds. The standard InChI is InChI=1S/C35H28N2O2/c1-35(2,3)37(30-14-9-13-29-33(30)39-34(36-29)24-10-5-4-6-11-24)26-19-16-23(17-20-26)25-18-21-32-28(22-25)27-12-7-8-15-31(27)38-32/h4-22H,1-3H3. The topological polar surface area (TPSA) is 42.4 Å². The molecule has 39 heavy (non-hydrogen) atoms. The number of para-hydroxylation sites is 2. The Labute approximate surface area is 227 Å². The van der Waals surface area contributed by atoms with Crippen molar-refractivity contribution in [2.24, 2.45) is 0 Å². The Balaban J connectivity index is 1.30. The summed E-state index contributed by atoms with van der Waals surface area (Å²) in [4.78, 5) is 7.12. The van der Waals surface area contributed by atoms with E-state index < -0.39 is 0 Å². The Bertz CT molecular complexity index is 1940. The molecule has 0 aliphatic rings. The normalized spacial score (nSPS) is 12.0. The van der Waals surface area contributed by atoms with Gasteiger partial charge in [-0.3, -0.25) is 0 Å². The second-order valence-corrected chi connectivity index (χ2v) is 10.9. The molecule has 4 nitrogen and oxygen atoms in total. The molecule has 0 aliphatic carbocycles. The second kappa shape index (κ2) is 8.88.